The predicted molar refractivity (Wildman–Crippen MR) is 83.1 cm³/mol. The second-order valence-electron chi connectivity index (χ2n) is 4.35. The number of anilines is 1. The van der Waals surface area contributed by atoms with Gasteiger partial charge in [0.05, 0.1) is 0 Å². The van der Waals surface area contributed by atoms with Crippen LogP contribution in [0.15, 0.2) is 22.7 Å². The van der Waals surface area contributed by atoms with E-state index >= 15 is 0 Å². The van der Waals surface area contributed by atoms with Crippen molar-refractivity contribution in [2.24, 2.45) is 0 Å². The van der Waals surface area contributed by atoms with Gasteiger partial charge in [-0.05, 0) is 18.2 Å². The Morgan fingerprint density at radius 3 is 2.80 bits per heavy atom. The molecule has 0 saturated carbocycles. The van der Waals surface area contributed by atoms with Crippen LogP contribution in [0.1, 0.15) is 0 Å². The van der Waals surface area contributed by atoms with Gasteiger partial charge in [-0.1, -0.05) is 27.3 Å². The molecule has 0 atom stereocenters. The van der Waals surface area contributed by atoms with Gasteiger partial charge in [0.1, 0.15) is 5.82 Å². The lowest BCUT2D eigenvalue weighted by molar-refractivity contribution is 0.630. The van der Waals surface area contributed by atoms with Crippen molar-refractivity contribution in [2.45, 2.75) is 0 Å². The molecular weight excluding hydrogens is 365 g/mol. The fourth-order valence-electron chi connectivity index (χ4n) is 1.94. The quantitative estimate of drug-likeness (QED) is 0.809. The summed E-state index contributed by atoms with van der Waals surface area (Å²) in [6, 6.07) is 4.76. The average molecular weight is 376 g/mol. The summed E-state index contributed by atoms with van der Waals surface area (Å²) in [4.78, 5) is 2.05. The summed E-state index contributed by atoms with van der Waals surface area (Å²) < 4.78 is 26.0. The van der Waals surface area contributed by atoms with Gasteiger partial charge in [-0.25, -0.2) is 4.39 Å². The molecule has 0 aliphatic carbocycles. The van der Waals surface area contributed by atoms with Gasteiger partial charge in [0.25, 0.3) is 0 Å². The molecule has 1 aliphatic rings. The van der Waals surface area contributed by atoms with Crippen LogP contribution in [0.25, 0.3) is 10.6 Å². The molecule has 0 radical (unpaired) electrons. The molecule has 0 N–H and O–H groups in total. The highest BCUT2D eigenvalue weighted by atomic mass is 79.9. The fraction of sp³-hybridized carbons (Fsp3) is 0.333. The Kier molecular flexibility index (Phi) is 4.13. The molecule has 8 heteroatoms. The van der Waals surface area contributed by atoms with Crippen LogP contribution < -0.4 is 4.90 Å². The van der Waals surface area contributed by atoms with Gasteiger partial charge in [0, 0.05) is 45.4 Å². The highest BCUT2D eigenvalue weighted by molar-refractivity contribution is 9.10. The van der Waals surface area contributed by atoms with Gasteiger partial charge in [-0.15, -0.1) is 10.2 Å². The summed E-state index contributed by atoms with van der Waals surface area (Å²) in [5.41, 5.74) is 0.448. The van der Waals surface area contributed by atoms with Crippen molar-refractivity contribution in [3.8, 4) is 10.6 Å². The van der Waals surface area contributed by atoms with E-state index in [2.05, 4.69) is 31.0 Å². The number of rotatable bonds is 2. The first kappa shape index (κ1) is 14.1. The standard InChI is InChI=1S/C12H11BrFN3OS2/c13-8-1-2-10(14)9(7-8)11-15-16-12(19-11)17-3-5-20(18)6-4-17/h1-2,7H,3-6H2. The molecule has 0 unspecified atom stereocenters. The van der Waals surface area contributed by atoms with E-state index in [9.17, 15) is 8.60 Å². The van der Waals surface area contributed by atoms with Gasteiger partial charge in [0.2, 0.25) is 5.13 Å². The zero-order chi connectivity index (χ0) is 14.1. The van der Waals surface area contributed by atoms with Crippen LogP contribution in [0, 0.1) is 5.82 Å². The molecule has 0 bridgehead atoms. The van der Waals surface area contributed by atoms with Crippen molar-refractivity contribution >= 4 is 43.2 Å². The first-order valence-electron chi connectivity index (χ1n) is 6.02. The van der Waals surface area contributed by atoms with Gasteiger partial charge in [-0.2, -0.15) is 0 Å². The van der Waals surface area contributed by atoms with E-state index < -0.39 is 10.8 Å². The van der Waals surface area contributed by atoms with E-state index in [-0.39, 0.29) is 5.82 Å². The lowest BCUT2D eigenvalue weighted by Gasteiger charge is -2.24. The Morgan fingerprint density at radius 1 is 1.30 bits per heavy atom. The van der Waals surface area contributed by atoms with Gasteiger partial charge in [-0.3, -0.25) is 4.21 Å². The number of hydrogen-bond acceptors (Lipinski definition) is 5. The van der Waals surface area contributed by atoms with Crippen LogP contribution in [0.3, 0.4) is 0 Å². The van der Waals surface area contributed by atoms with Crippen LogP contribution in [0.4, 0.5) is 9.52 Å². The molecule has 1 fully saturated rings. The Balaban J connectivity index is 1.86. The van der Waals surface area contributed by atoms with Crippen molar-refractivity contribution in [3.63, 3.8) is 0 Å². The van der Waals surface area contributed by atoms with Gasteiger partial charge < -0.3 is 4.90 Å². The number of nitrogens with zero attached hydrogens (tertiary/aromatic N) is 3. The smallest absolute Gasteiger partial charge is 0.208 e. The van der Waals surface area contributed by atoms with E-state index in [4.69, 9.17) is 0 Å². The minimum atomic E-state index is -0.722. The molecule has 0 amide bonds. The van der Waals surface area contributed by atoms with Gasteiger partial charge in [0.15, 0.2) is 5.01 Å². The number of halogens is 2. The molecule has 1 saturated heterocycles. The molecule has 1 aromatic carbocycles. The lowest BCUT2D eigenvalue weighted by atomic mass is 10.2. The lowest BCUT2D eigenvalue weighted by Crippen LogP contribution is -2.37. The molecule has 2 heterocycles. The maximum absolute atomic E-state index is 13.8. The Labute approximate surface area is 130 Å². The fourth-order valence-corrected chi connectivity index (χ4v) is 4.27. The first-order chi connectivity index (χ1) is 9.63. The summed E-state index contributed by atoms with van der Waals surface area (Å²) in [5, 5.41) is 9.52. The van der Waals surface area contributed by atoms with E-state index in [0.29, 0.717) is 35.2 Å². The Morgan fingerprint density at radius 2 is 2.05 bits per heavy atom. The maximum atomic E-state index is 13.8. The third-order valence-corrected chi connectivity index (χ3v) is 5.81. The van der Waals surface area contributed by atoms with Crippen molar-refractivity contribution in [3.05, 3.63) is 28.5 Å². The Hall–Kier alpha value is -0.860. The molecule has 2 aromatic rings. The minimum absolute atomic E-state index is 0.310. The third kappa shape index (κ3) is 2.91. The minimum Gasteiger partial charge on any atom is -0.345 e. The molecule has 20 heavy (non-hydrogen) atoms. The first-order valence-corrected chi connectivity index (χ1v) is 9.12. The summed E-state index contributed by atoms with van der Waals surface area (Å²) in [6.45, 7) is 1.42. The van der Waals surface area contributed by atoms with Crippen LogP contribution in [0.5, 0.6) is 0 Å². The summed E-state index contributed by atoms with van der Waals surface area (Å²) >= 11 is 4.69. The molecule has 1 aromatic heterocycles. The predicted octanol–water partition coefficient (Wildman–Crippen LogP) is 2.68. The SMILES string of the molecule is O=S1CCN(c2nnc(-c3cc(Br)ccc3F)s2)CC1. The average Bonchev–Trinajstić information content (AvgIpc) is 2.92. The summed E-state index contributed by atoms with van der Waals surface area (Å²) in [6.07, 6.45) is 0. The van der Waals surface area contributed by atoms with E-state index in [0.717, 1.165) is 9.60 Å². The van der Waals surface area contributed by atoms with Crippen molar-refractivity contribution < 1.29 is 8.60 Å². The Bertz CT molecular complexity index is 654. The second kappa shape index (κ2) is 5.87. The number of benzene rings is 1. The molecule has 106 valence electrons. The number of aromatic nitrogens is 2. The maximum Gasteiger partial charge on any atom is 0.208 e. The zero-order valence-electron chi connectivity index (χ0n) is 10.4. The van der Waals surface area contributed by atoms with Crippen molar-refractivity contribution in [1.29, 1.82) is 0 Å². The van der Waals surface area contributed by atoms with E-state index in [1.807, 2.05) is 0 Å². The molecule has 1 aliphatic heterocycles. The zero-order valence-corrected chi connectivity index (χ0v) is 13.6. The highest BCUT2D eigenvalue weighted by Crippen LogP contribution is 2.32. The van der Waals surface area contributed by atoms with Crippen LogP contribution >= 0.6 is 27.3 Å². The van der Waals surface area contributed by atoms with Crippen molar-refractivity contribution in [2.75, 3.05) is 29.5 Å². The van der Waals surface area contributed by atoms with Crippen LogP contribution in [-0.2, 0) is 10.8 Å². The van der Waals surface area contributed by atoms with Crippen molar-refractivity contribution in [1.82, 2.24) is 10.2 Å². The second-order valence-corrected chi connectivity index (χ2v) is 7.92. The third-order valence-electron chi connectivity index (χ3n) is 3.02. The molecule has 4 nitrogen and oxygen atoms in total. The molecular formula is C12H11BrFN3OS2. The normalized spacial score (nSPS) is 16.6. The monoisotopic (exact) mass is 375 g/mol. The van der Waals surface area contributed by atoms with E-state index in [1.54, 1.807) is 12.1 Å². The van der Waals surface area contributed by atoms with Crippen LogP contribution in [0.2, 0.25) is 0 Å². The topological polar surface area (TPSA) is 46.1 Å². The highest BCUT2D eigenvalue weighted by Gasteiger charge is 2.20. The molecule has 0 spiro atoms. The molecule has 3 rings (SSSR count). The van der Waals surface area contributed by atoms with Gasteiger partial charge >= 0.3 is 0 Å². The van der Waals surface area contributed by atoms with E-state index in [1.165, 1.54) is 17.4 Å². The number of hydrogen-bond donors (Lipinski definition) is 0. The largest absolute Gasteiger partial charge is 0.345 e. The van der Waals surface area contributed by atoms with Crippen LogP contribution in [-0.4, -0.2) is 39.0 Å². The summed E-state index contributed by atoms with van der Waals surface area (Å²) in [5.74, 6) is 0.996. The summed E-state index contributed by atoms with van der Waals surface area (Å²) in [7, 11) is -0.722.